The number of amides is 1. The lowest BCUT2D eigenvalue weighted by Gasteiger charge is -2.14. The van der Waals surface area contributed by atoms with Gasteiger partial charge in [-0.2, -0.15) is 0 Å². The largest absolute Gasteiger partial charge is 0.481 e. The number of benzene rings is 3. The standard InChI is InChI=1S/C30H24N2O5S/c1-18(19-5-3-2-4-6-19)36-29(35)32-24-25(37-27-26(24)38-17-31-27)22-9-7-20(8-10-22)21-11-13-23(14-12-21)30(15-16-30)28(33)34/h2-14,17-18H,15-16H2,1H3,(H,32,35)(H,33,34). The third kappa shape index (κ3) is 4.33. The second kappa shape index (κ2) is 9.46. The van der Waals surface area contributed by atoms with Gasteiger partial charge in [-0.25, -0.2) is 9.78 Å². The van der Waals surface area contributed by atoms with Crippen LogP contribution in [0.15, 0.2) is 88.8 Å². The molecule has 0 radical (unpaired) electrons. The summed E-state index contributed by atoms with van der Waals surface area (Å²) in [6.07, 6.45) is 0.367. The number of aliphatic carboxylic acids is 1. The first-order valence-electron chi connectivity index (χ1n) is 12.3. The van der Waals surface area contributed by atoms with Gasteiger partial charge in [0.2, 0.25) is 5.71 Å². The number of fused-ring (bicyclic) bond motifs is 1. The normalized spacial score (nSPS) is 14.7. The Kier molecular flexibility index (Phi) is 5.96. The van der Waals surface area contributed by atoms with Gasteiger partial charge in [0.15, 0.2) is 5.76 Å². The molecule has 7 nitrogen and oxygen atoms in total. The first-order valence-corrected chi connectivity index (χ1v) is 13.2. The van der Waals surface area contributed by atoms with Gasteiger partial charge >= 0.3 is 12.1 Å². The van der Waals surface area contributed by atoms with Crippen LogP contribution in [-0.2, 0) is 14.9 Å². The van der Waals surface area contributed by atoms with E-state index in [2.05, 4.69) is 10.3 Å². The van der Waals surface area contributed by atoms with Crippen molar-refractivity contribution >= 4 is 39.5 Å². The maximum absolute atomic E-state index is 12.8. The van der Waals surface area contributed by atoms with E-state index in [-0.39, 0.29) is 0 Å². The van der Waals surface area contributed by atoms with Crippen molar-refractivity contribution in [3.05, 3.63) is 95.5 Å². The average Bonchev–Trinajstić information content (AvgIpc) is 3.52. The van der Waals surface area contributed by atoms with Crippen LogP contribution in [0.25, 0.3) is 32.9 Å². The number of furan rings is 1. The Bertz CT molecular complexity index is 1620. The Labute approximate surface area is 222 Å². The zero-order valence-electron chi connectivity index (χ0n) is 20.5. The van der Waals surface area contributed by atoms with Crippen molar-refractivity contribution in [2.24, 2.45) is 0 Å². The molecular weight excluding hydrogens is 500 g/mol. The van der Waals surface area contributed by atoms with Crippen molar-refractivity contribution in [2.45, 2.75) is 31.3 Å². The number of anilines is 1. The van der Waals surface area contributed by atoms with Crippen molar-refractivity contribution in [3.63, 3.8) is 0 Å². The smallest absolute Gasteiger partial charge is 0.412 e. The van der Waals surface area contributed by atoms with Crippen LogP contribution in [0.3, 0.4) is 0 Å². The number of hydrogen-bond donors (Lipinski definition) is 2. The van der Waals surface area contributed by atoms with Crippen molar-refractivity contribution in [2.75, 3.05) is 5.32 Å². The third-order valence-electron chi connectivity index (χ3n) is 7.04. The SMILES string of the molecule is CC(OC(=O)Nc1c(-c2ccc(-c3ccc(C4(C(=O)O)CC4)cc3)cc2)oc2ncsc12)c1ccccc1. The molecule has 190 valence electrons. The Morgan fingerprint density at radius 3 is 2.24 bits per heavy atom. The number of ether oxygens (including phenoxy) is 1. The minimum Gasteiger partial charge on any atom is -0.481 e. The van der Waals surface area contributed by atoms with Gasteiger partial charge in [-0.05, 0) is 42.0 Å². The van der Waals surface area contributed by atoms with E-state index in [4.69, 9.17) is 9.15 Å². The summed E-state index contributed by atoms with van der Waals surface area (Å²) in [6.45, 7) is 1.82. The van der Waals surface area contributed by atoms with E-state index >= 15 is 0 Å². The highest BCUT2D eigenvalue weighted by Crippen LogP contribution is 2.48. The molecule has 5 aromatic rings. The molecule has 1 fully saturated rings. The summed E-state index contributed by atoms with van der Waals surface area (Å²) in [4.78, 5) is 28.7. The predicted octanol–water partition coefficient (Wildman–Crippen LogP) is 7.65. The molecule has 1 aliphatic carbocycles. The zero-order chi connectivity index (χ0) is 26.3. The molecule has 0 aliphatic heterocycles. The van der Waals surface area contributed by atoms with Crippen LogP contribution in [0.4, 0.5) is 10.5 Å². The second-order valence-corrected chi connectivity index (χ2v) is 10.3. The second-order valence-electron chi connectivity index (χ2n) is 9.42. The van der Waals surface area contributed by atoms with E-state index < -0.39 is 23.6 Å². The molecule has 0 spiro atoms. The molecule has 1 saturated carbocycles. The highest BCUT2D eigenvalue weighted by Gasteiger charge is 2.51. The molecule has 1 aliphatic rings. The van der Waals surface area contributed by atoms with Crippen LogP contribution >= 0.6 is 11.3 Å². The molecule has 38 heavy (non-hydrogen) atoms. The summed E-state index contributed by atoms with van der Waals surface area (Å²) in [5.74, 6) is -0.257. The fraction of sp³-hybridized carbons (Fsp3) is 0.167. The van der Waals surface area contributed by atoms with E-state index in [0.29, 0.717) is 30.0 Å². The molecule has 6 rings (SSSR count). The molecule has 1 amide bonds. The summed E-state index contributed by atoms with van der Waals surface area (Å²) in [5.41, 5.74) is 6.42. The minimum atomic E-state index is -0.759. The molecule has 8 heteroatoms. The lowest BCUT2D eigenvalue weighted by Crippen LogP contribution is -2.19. The summed E-state index contributed by atoms with van der Waals surface area (Å²) in [7, 11) is 0. The Hall–Kier alpha value is -4.43. The number of nitrogens with one attached hydrogen (secondary N) is 1. The molecule has 3 aromatic carbocycles. The van der Waals surface area contributed by atoms with E-state index in [9.17, 15) is 14.7 Å². The first kappa shape index (κ1) is 23.9. The summed E-state index contributed by atoms with van der Waals surface area (Å²) >= 11 is 1.38. The molecule has 2 aromatic heterocycles. The van der Waals surface area contributed by atoms with Crippen LogP contribution in [0.2, 0.25) is 0 Å². The van der Waals surface area contributed by atoms with Crippen LogP contribution in [0, 0.1) is 0 Å². The van der Waals surface area contributed by atoms with Gasteiger partial charge in [0.1, 0.15) is 16.5 Å². The van der Waals surface area contributed by atoms with E-state index in [1.54, 1.807) is 5.51 Å². The number of carboxylic acids is 1. The van der Waals surface area contributed by atoms with Crippen molar-refractivity contribution in [1.82, 2.24) is 4.98 Å². The maximum Gasteiger partial charge on any atom is 0.412 e. The van der Waals surface area contributed by atoms with E-state index in [1.165, 1.54) is 11.3 Å². The summed E-state index contributed by atoms with van der Waals surface area (Å²) in [5, 5.41) is 12.4. The van der Waals surface area contributed by atoms with Crippen molar-refractivity contribution in [3.8, 4) is 22.5 Å². The van der Waals surface area contributed by atoms with Gasteiger partial charge in [-0.15, -0.1) is 11.3 Å². The minimum absolute atomic E-state index is 0.417. The monoisotopic (exact) mass is 524 g/mol. The molecule has 2 N–H and O–H groups in total. The molecular formula is C30H24N2O5S. The Morgan fingerprint density at radius 1 is 0.974 bits per heavy atom. The number of hydrogen-bond acceptors (Lipinski definition) is 6. The van der Waals surface area contributed by atoms with Gasteiger partial charge < -0.3 is 14.3 Å². The quantitative estimate of drug-likeness (QED) is 0.227. The van der Waals surface area contributed by atoms with Gasteiger partial charge in [0, 0.05) is 5.56 Å². The number of carboxylic acid groups (broad SMARTS) is 1. The van der Waals surface area contributed by atoms with Crippen LogP contribution in [-0.4, -0.2) is 22.2 Å². The molecule has 2 heterocycles. The van der Waals surface area contributed by atoms with Gasteiger partial charge in [-0.1, -0.05) is 78.9 Å². The first-order chi connectivity index (χ1) is 18.4. The predicted molar refractivity (Wildman–Crippen MR) is 146 cm³/mol. The van der Waals surface area contributed by atoms with E-state index in [0.717, 1.165) is 32.5 Å². The van der Waals surface area contributed by atoms with Crippen LogP contribution < -0.4 is 5.32 Å². The lowest BCUT2D eigenvalue weighted by atomic mass is 9.93. The highest BCUT2D eigenvalue weighted by molar-refractivity contribution is 7.17. The topological polar surface area (TPSA) is 102 Å². The van der Waals surface area contributed by atoms with Crippen molar-refractivity contribution < 1.29 is 23.8 Å². The fourth-order valence-electron chi connectivity index (χ4n) is 4.67. The van der Waals surface area contributed by atoms with Gasteiger partial charge in [0.05, 0.1) is 10.9 Å². The number of rotatable bonds is 7. The maximum atomic E-state index is 12.8. The average molecular weight is 525 g/mol. The molecule has 0 saturated heterocycles. The fourth-order valence-corrected chi connectivity index (χ4v) is 5.38. The number of carbonyl (C=O) groups excluding carboxylic acids is 1. The number of nitrogens with zero attached hydrogens (tertiary/aromatic N) is 1. The van der Waals surface area contributed by atoms with Gasteiger partial charge in [0.25, 0.3) is 0 Å². The molecule has 1 atom stereocenters. The molecule has 1 unspecified atom stereocenters. The van der Waals surface area contributed by atoms with Crippen LogP contribution in [0.5, 0.6) is 0 Å². The van der Waals surface area contributed by atoms with Crippen molar-refractivity contribution in [1.29, 1.82) is 0 Å². The number of carbonyl (C=O) groups is 2. The Balaban J connectivity index is 1.23. The highest BCUT2D eigenvalue weighted by atomic mass is 32.1. The Morgan fingerprint density at radius 2 is 1.61 bits per heavy atom. The van der Waals surface area contributed by atoms with E-state index in [1.807, 2.05) is 85.8 Å². The van der Waals surface area contributed by atoms with Gasteiger partial charge in [-0.3, -0.25) is 10.1 Å². The summed E-state index contributed by atoms with van der Waals surface area (Å²) < 4.78 is 12.4. The lowest BCUT2D eigenvalue weighted by molar-refractivity contribution is -0.140. The molecule has 0 bridgehead atoms. The van der Waals surface area contributed by atoms with Crippen LogP contribution in [0.1, 0.15) is 37.0 Å². The number of aromatic nitrogens is 1. The third-order valence-corrected chi connectivity index (χ3v) is 7.87. The summed E-state index contributed by atoms with van der Waals surface area (Å²) in [6, 6.07) is 25.0. The number of thiazole rings is 1. The zero-order valence-corrected chi connectivity index (χ0v) is 21.3.